The van der Waals surface area contributed by atoms with Crippen LogP contribution in [0, 0.1) is 5.92 Å². The van der Waals surface area contributed by atoms with E-state index in [1.807, 2.05) is 6.92 Å². The molecular weight excluding hydrogens is 344 g/mol. The Bertz CT molecular complexity index is 410. The van der Waals surface area contributed by atoms with Crippen LogP contribution in [0.2, 0.25) is 0 Å². The number of rotatable bonds is 15. The highest BCUT2D eigenvalue weighted by Gasteiger charge is 2.25. The summed E-state index contributed by atoms with van der Waals surface area (Å²) in [6.07, 6.45) is 5.43. The van der Waals surface area contributed by atoms with Crippen molar-refractivity contribution in [3.63, 3.8) is 0 Å². The van der Waals surface area contributed by atoms with Crippen molar-refractivity contribution in [3.8, 4) is 0 Å². The Morgan fingerprint density at radius 2 is 1.58 bits per heavy atom. The largest absolute Gasteiger partial charge is 0.463 e. The Balaban J connectivity index is 4.48. The molecule has 0 aliphatic heterocycles. The highest BCUT2D eigenvalue weighted by molar-refractivity contribution is 5.80. The fourth-order valence-electron chi connectivity index (χ4n) is 2.09. The predicted molar refractivity (Wildman–Crippen MR) is 94.1 cm³/mol. The number of aliphatic hydroxyl groups excluding tert-OH is 4. The molecule has 0 aliphatic rings. The van der Waals surface area contributed by atoms with Gasteiger partial charge in [0.1, 0.15) is 25.4 Å². The molecule has 4 N–H and O–H groups in total. The van der Waals surface area contributed by atoms with Crippen molar-refractivity contribution >= 4 is 11.9 Å². The maximum atomic E-state index is 12.1. The number of esters is 2. The fourth-order valence-corrected chi connectivity index (χ4v) is 2.09. The maximum Gasteiger partial charge on any atom is 0.309 e. The number of unbranched alkanes of at least 4 members (excludes halogenated alkanes) is 2. The summed E-state index contributed by atoms with van der Waals surface area (Å²) >= 11 is 0. The summed E-state index contributed by atoms with van der Waals surface area (Å²) in [4.78, 5) is 24.0. The van der Waals surface area contributed by atoms with E-state index in [-0.39, 0.29) is 19.6 Å². The topological polar surface area (TPSA) is 134 Å². The fraction of sp³-hybridized carbons (Fsp3) is 0.778. The van der Waals surface area contributed by atoms with Crippen LogP contribution in [-0.4, -0.2) is 71.0 Å². The minimum atomic E-state index is -1.16. The van der Waals surface area contributed by atoms with Crippen LogP contribution in [0.1, 0.15) is 45.4 Å². The molecule has 0 saturated heterocycles. The van der Waals surface area contributed by atoms with Crippen molar-refractivity contribution in [2.75, 3.05) is 26.4 Å². The van der Waals surface area contributed by atoms with Crippen molar-refractivity contribution in [1.29, 1.82) is 0 Å². The summed E-state index contributed by atoms with van der Waals surface area (Å²) in [5.74, 6) is -2.04. The van der Waals surface area contributed by atoms with Crippen molar-refractivity contribution in [1.82, 2.24) is 0 Å². The first-order chi connectivity index (χ1) is 12.4. The zero-order valence-electron chi connectivity index (χ0n) is 15.4. The van der Waals surface area contributed by atoms with Gasteiger partial charge in [0.2, 0.25) is 0 Å². The number of hydrogen-bond acceptors (Lipinski definition) is 8. The molecule has 0 amide bonds. The third kappa shape index (κ3) is 12.8. The highest BCUT2D eigenvalue weighted by atomic mass is 16.6. The lowest BCUT2D eigenvalue weighted by Gasteiger charge is -2.17. The van der Waals surface area contributed by atoms with E-state index >= 15 is 0 Å². The van der Waals surface area contributed by atoms with Crippen LogP contribution < -0.4 is 0 Å². The van der Waals surface area contributed by atoms with Gasteiger partial charge in [0.05, 0.1) is 25.6 Å². The minimum Gasteiger partial charge on any atom is -0.463 e. The molecular formula is C18H32O8. The molecule has 0 aromatic heterocycles. The Kier molecular flexibility index (Phi) is 14.9. The van der Waals surface area contributed by atoms with E-state index in [1.165, 1.54) is 0 Å². The van der Waals surface area contributed by atoms with E-state index in [0.29, 0.717) is 12.8 Å². The van der Waals surface area contributed by atoms with Gasteiger partial charge in [-0.25, -0.2) is 0 Å². The number of ether oxygens (including phenoxy) is 2. The van der Waals surface area contributed by atoms with Gasteiger partial charge in [-0.05, 0) is 25.7 Å². The van der Waals surface area contributed by atoms with Crippen molar-refractivity contribution in [3.05, 3.63) is 12.2 Å². The van der Waals surface area contributed by atoms with Crippen molar-refractivity contribution < 1.29 is 39.5 Å². The van der Waals surface area contributed by atoms with Gasteiger partial charge in [-0.2, -0.15) is 0 Å². The van der Waals surface area contributed by atoms with Gasteiger partial charge in [-0.15, -0.1) is 0 Å². The average Bonchev–Trinajstić information content (AvgIpc) is 2.65. The second-order valence-corrected chi connectivity index (χ2v) is 6.05. The van der Waals surface area contributed by atoms with Crippen LogP contribution >= 0.6 is 0 Å². The summed E-state index contributed by atoms with van der Waals surface area (Å²) in [5, 5.41) is 35.9. The molecule has 0 bridgehead atoms. The lowest BCUT2D eigenvalue weighted by molar-refractivity contribution is -0.159. The van der Waals surface area contributed by atoms with Gasteiger partial charge in [-0.3, -0.25) is 9.59 Å². The average molecular weight is 376 g/mol. The minimum absolute atomic E-state index is 0.211. The Morgan fingerprint density at radius 3 is 2.15 bits per heavy atom. The lowest BCUT2D eigenvalue weighted by atomic mass is 9.97. The normalized spacial score (nSPS) is 14.8. The van der Waals surface area contributed by atoms with Crippen LogP contribution in [0.5, 0.6) is 0 Å². The molecule has 0 spiro atoms. The summed E-state index contributed by atoms with van der Waals surface area (Å²) in [6, 6.07) is 0. The van der Waals surface area contributed by atoms with Gasteiger partial charge in [0, 0.05) is 0 Å². The Hall–Kier alpha value is -1.48. The molecule has 0 rings (SSSR count). The summed E-state index contributed by atoms with van der Waals surface area (Å²) in [6.45, 7) is 0.306. The van der Waals surface area contributed by atoms with Crippen molar-refractivity contribution in [2.24, 2.45) is 5.92 Å². The molecule has 3 unspecified atom stereocenters. The standard InChI is InChI=1S/C18H32O8/c1-2-3-4-5-6-7-8-14(18(24)26-13-16(22)11-20)9-17(23)25-12-15(21)10-19/h3-4,14-16,19-22H,2,5-13H2,1H3/b4-3+. The van der Waals surface area contributed by atoms with Gasteiger partial charge in [0.15, 0.2) is 0 Å². The summed E-state index contributed by atoms with van der Waals surface area (Å²) in [7, 11) is 0. The zero-order chi connectivity index (χ0) is 19.8. The van der Waals surface area contributed by atoms with E-state index in [1.54, 1.807) is 0 Å². The van der Waals surface area contributed by atoms with Gasteiger partial charge >= 0.3 is 11.9 Å². The van der Waals surface area contributed by atoms with Crippen molar-refractivity contribution in [2.45, 2.75) is 57.7 Å². The van der Waals surface area contributed by atoms with Crippen LogP contribution in [0.25, 0.3) is 0 Å². The molecule has 0 heterocycles. The second kappa shape index (κ2) is 15.7. The first-order valence-electron chi connectivity index (χ1n) is 8.99. The van der Waals surface area contributed by atoms with E-state index in [9.17, 15) is 19.8 Å². The molecule has 8 heteroatoms. The van der Waals surface area contributed by atoms with Crippen LogP contribution in [0.3, 0.4) is 0 Å². The first kappa shape index (κ1) is 24.5. The zero-order valence-corrected chi connectivity index (χ0v) is 15.4. The number of aliphatic hydroxyl groups is 4. The number of carbonyl (C=O) groups is 2. The Labute approximate surface area is 154 Å². The quantitative estimate of drug-likeness (QED) is 0.182. The summed E-state index contributed by atoms with van der Waals surface area (Å²) < 4.78 is 9.76. The van der Waals surface area contributed by atoms with E-state index in [2.05, 4.69) is 12.2 Å². The van der Waals surface area contributed by atoms with Crippen LogP contribution in [0.15, 0.2) is 12.2 Å². The third-order valence-corrected chi connectivity index (χ3v) is 3.60. The lowest BCUT2D eigenvalue weighted by Crippen LogP contribution is -2.28. The SMILES string of the molecule is CC/C=C/CCCCC(CC(=O)OCC(O)CO)C(=O)OCC(O)CO. The molecule has 26 heavy (non-hydrogen) atoms. The molecule has 0 fully saturated rings. The molecule has 0 aromatic carbocycles. The summed E-state index contributed by atoms with van der Waals surface area (Å²) in [5.41, 5.74) is 0. The van der Waals surface area contributed by atoms with Crippen LogP contribution in [0.4, 0.5) is 0 Å². The molecule has 152 valence electrons. The van der Waals surface area contributed by atoms with E-state index in [4.69, 9.17) is 19.7 Å². The highest BCUT2D eigenvalue weighted by Crippen LogP contribution is 2.17. The predicted octanol–water partition coefficient (Wildman–Crippen LogP) is 0.312. The monoisotopic (exact) mass is 376 g/mol. The molecule has 0 radical (unpaired) electrons. The second-order valence-electron chi connectivity index (χ2n) is 6.05. The first-order valence-corrected chi connectivity index (χ1v) is 8.99. The molecule has 0 aliphatic carbocycles. The molecule has 3 atom stereocenters. The van der Waals surface area contributed by atoms with Gasteiger partial charge < -0.3 is 29.9 Å². The Morgan fingerprint density at radius 1 is 0.962 bits per heavy atom. The van der Waals surface area contributed by atoms with Gasteiger partial charge in [-0.1, -0.05) is 25.5 Å². The molecule has 0 saturated carbocycles. The number of allylic oxidation sites excluding steroid dienone is 2. The smallest absolute Gasteiger partial charge is 0.309 e. The maximum absolute atomic E-state index is 12.1. The number of hydrogen-bond donors (Lipinski definition) is 4. The molecule has 8 nitrogen and oxygen atoms in total. The number of carbonyl (C=O) groups excluding carboxylic acids is 2. The van der Waals surface area contributed by atoms with E-state index < -0.39 is 43.3 Å². The molecule has 0 aromatic rings. The van der Waals surface area contributed by atoms with Crippen LogP contribution in [-0.2, 0) is 19.1 Å². The van der Waals surface area contributed by atoms with E-state index in [0.717, 1.165) is 19.3 Å². The third-order valence-electron chi connectivity index (χ3n) is 3.60. The van der Waals surface area contributed by atoms with Gasteiger partial charge in [0.25, 0.3) is 0 Å².